The topological polar surface area (TPSA) is 13.1 Å². The number of aromatic nitrogens is 2. The van der Waals surface area contributed by atoms with Gasteiger partial charge in [0, 0.05) is 70.2 Å². The highest BCUT2D eigenvalue weighted by atomic mass is 32.1. The van der Waals surface area contributed by atoms with Crippen LogP contribution in [0.4, 0.5) is 17.1 Å². The highest BCUT2D eigenvalue weighted by Gasteiger charge is 2.21. The van der Waals surface area contributed by atoms with E-state index in [0.29, 0.717) is 0 Å². The second kappa shape index (κ2) is 11.5. The van der Waals surface area contributed by atoms with Crippen LogP contribution >= 0.6 is 11.3 Å². The molecule has 11 rings (SSSR count). The van der Waals surface area contributed by atoms with Crippen LogP contribution in [0.5, 0.6) is 0 Å². The minimum atomic E-state index is 1.12. The molecule has 0 aliphatic heterocycles. The smallest absolute Gasteiger partial charge is 0.0555 e. The Labute approximate surface area is 304 Å². The zero-order valence-electron chi connectivity index (χ0n) is 28.1. The van der Waals surface area contributed by atoms with Gasteiger partial charge in [-0.15, -0.1) is 11.3 Å². The van der Waals surface area contributed by atoms with Crippen LogP contribution in [0.25, 0.3) is 75.2 Å². The molecule has 0 saturated heterocycles. The number of hydrogen-bond acceptors (Lipinski definition) is 2. The van der Waals surface area contributed by atoms with Crippen LogP contribution < -0.4 is 4.90 Å². The Morgan fingerprint density at radius 3 is 1.58 bits per heavy atom. The summed E-state index contributed by atoms with van der Waals surface area (Å²) in [5.74, 6) is 0. The van der Waals surface area contributed by atoms with Crippen molar-refractivity contribution in [3.05, 3.63) is 188 Å². The first kappa shape index (κ1) is 29.1. The Morgan fingerprint density at radius 1 is 0.346 bits per heavy atom. The summed E-state index contributed by atoms with van der Waals surface area (Å²) >= 11 is 1.90. The molecular formula is C48H31N3S. The molecule has 0 fully saturated rings. The van der Waals surface area contributed by atoms with Gasteiger partial charge in [-0.1, -0.05) is 97.1 Å². The van der Waals surface area contributed by atoms with Crippen LogP contribution in [-0.4, -0.2) is 9.13 Å². The molecular weight excluding hydrogens is 651 g/mol. The van der Waals surface area contributed by atoms with E-state index in [0.717, 1.165) is 28.4 Å². The van der Waals surface area contributed by atoms with Crippen molar-refractivity contribution in [3.8, 4) is 11.4 Å². The normalized spacial score (nSPS) is 11.8. The highest BCUT2D eigenvalue weighted by Crippen LogP contribution is 2.46. The fraction of sp³-hybridized carbons (Fsp3) is 0. The Balaban J connectivity index is 1.19. The van der Waals surface area contributed by atoms with E-state index in [9.17, 15) is 0 Å². The van der Waals surface area contributed by atoms with E-state index in [4.69, 9.17) is 0 Å². The highest BCUT2D eigenvalue weighted by molar-refractivity contribution is 7.26. The number of hydrogen-bond donors (Lipinski definition) is 0. The van der Waals surface area contributed by atoms with Crippen molar-refractivity contribution >= 4 is 92.2 Å². The molecule has 0 N–H and O–H groups in total. The summed E-state index contributed by atoms with van der Waals surface area (Å²) in [5, 5.41) is 7.64. The molecule has 0 atom stereocenters. The van der Waals surface area contributed by atoms with Crippen molar-refractivity contribution in [1.29, 1.82) is 0 Å². The SMILES string of the molecule is c1ccc(N(c2ccc3c(c2)c2ccccc2n3-c2ccccc2)c2ccc3c(c2)c2c4sc5ccccc5c4ccc2n3-c2ccccc2)cc1. The van der Waals surface area contributed by atoms with Crippen molar-refractivity contribution in [2.75, 3.05) is 4.90 Å². The maximum absolute atomic E-state index is 2.43. The second-order valence-electron chi connectivity index (χ2n) is 13.4. The summed E-state index contributed by atoms with van der Waals surface area (Å²) in [6, 6.07) is 68.3. The summed E-state index contributed by atoms with van der Waals surface area (Å²) in [5.41, 5.74) is 10.5. The molecule has 11 aromatic rings. The molecule has 0 aliphatic carbocycles. The Hall–Kier alpha value is -6.62. The molecule has 52 heavy (non-hydrogen) atoms. The molecule has 3 heterocycles. The van der Waals surface area contributed by atoms with Gasteiger partial charge >= 0.3 is 0 Å². The summed E-state index contributed by atoms with van der Waals surface area (Å²) < 4.78 is 7.45. The Kier molecular flexibility index (Phi) is 6.42. The maximum Gasteiger partial charge on any atom is 0.0555 e. The fourth-order valence-electron chi connectivity index (χ4n) is 8.25. The van der Waals surface area contributed by atoms with Gasteiger partial charge in [0.25, 0.3) is 0 Å². The number of anilines is 3. The molecule has 244 valence electrons. The molecule has 0 spiro atoms. The number of rotatable bonds is 5. The van der Waals surface area contributed by atoms with Gasteiger partial charge in [-0.25, -0.2) is 0 Å². The zero-order chi connectivity index (χ0) is 34.2. The molecule has 0 saturated carbocycles. The van der Waals surface area contributed by atoms with E-state index in [1.165, 1.54) is 63.8 Å². The van der Waals surface area contributed by atoms with Gasteiger partial charge in [-0.2, -0.15) is 0 Å². The fourth-order valence-corrected chi connectivity index (χ4v) is 9.51. The Morgan fingerprint density at radius 2 is 0.865 bits per heavy atom. The van der Waals surface area contributed by atoms with E-state index in [-0.39, 0.29) is 0 Å². The zero-order valence-corrected chi connectivity index (χ0v) is 29.0. The largest absolute Gasteiger partial charge is 0.310 e. The van der Waals surface area contributed by atoms with Crippen LogP contribution in [-0.2, 0) is 0 Å². The second-order valence-corrected chi connectivity index (χ2v) is 14.4. The number of fused-ring (bicyclic) bond motifs is 10. The molecule has 0 unspecified atom stereocenters. The Bertz CT molecular complexity index is 3120. The molecule has 3 nitrogen and oxygen atoms in total. The van der Waals surface area contributed by atoms with Gasteiger partial charge in [0.15, 0.2) is 0 Å². The van der Waals surface area contributed by atoms with E-state index in [2.05, 4.69) is 202 Å². The standard InChI is InChI=1S/C48H31N3S/c1-4-14-32(15-5-1)49(35-24-27-43-40(30-35)37-20-10-12-22-42(37)50(43)33-16-6-2-7-17-33)36-25-28-44-41(31-36)47-45(51(44)34-18-8-3-9-19-34)29-26-39-38-21-11-13-23-46(38)52-48(39)47/h1-31H. The first-order chi connectivity index (χ1) is 25.8. The van der Waals surface area contributed by atoms with E-state index in [1.807, 2.05) is 11.3 Å². The van der Waals surface area contributed by atoms with E-state index >= 15 is 0 Å². The van der Waals surface area contributed by atoms with Crippen LogP contribution in [0.1, 0.15) is 0 Å². The lowest BCUT2D eigenvalue weighted by Crippen LogP contribution is -2.09. The van der Waals surface area contributed by atoms with Crippen molar-refractivity contribution in [2.45, 2.75) is 0 Å². The molecule has 3 aromatic heterocycles. The van der Waals surface area contributed by atoms with Gasteiger partial charge in [0.1, 0.15) is 0 Å². The average Bonchev–Trinajstić information content (AvgIpc) is 3.86. The number of nitrogens with zero attached hydrogens (tertiary/aromatic N) is 3. The summed E-state index contributed by atoms with van der Waals surface area (Å²) in [6.45, 7) is 0. The van der Waals surface area contributed by atoms with Crippen molar-refractivity contribution in [3.63, 3.8) is 0 Å². The first-order valence-corrected chi connectivity index (χ1v) is 18.5. The average molecular weight is 682 g/mol. The van der Waals surface area contributed by atoms with Crippen LogP contribution in [0.2, 0.25) is 0 Å². The van der Waals surface area contributed by atoms with Gasteiger partial charge in [-0.05, 0) is 91.0 Å². The van der Waals surface area contributed by atoms with Crippen molar-refractivity contribution in [1.82, 2.24) is 9.13 Å². The molecule has 4 heteroatoms. The van der Waals surface area contributed by atoms with Crippen molar-refractivity contribution in [2.24, 2.45) is 0 Å². The van der Waals surface area contributed by atoms with E-state index in [1.54, 1.807) is 0 Å². The quantitative estimate of drug-likeness (QED) is 0.176. The molecule has 0 amide bonds. The lowest BCUT2D eigenvalue weighted by Gasteiger charge is -2.26. The van der Waals surface area contributed by atoms with Crippen molar-refractivity contribution < 1.29 is 0 Å². The monoisotopic (exact) mass is 681 g/mol. The minimum Gasteiger partial charge on any atom is -0.310 e. The predicted octanol–water partition coefficient (Wildman–Crippen LogP) is 13.7. The maximum atomic E-state index is 2.43. The van der Waals surface area contributed by atoms with Crippen LogP contribution in [0, 0.1) is 0 Å². The molecule has 8 aromatic carbocycles. The number of thiophene rings is 1. The summed E-state index contributed by atoms with van der Waals surface area (Å²) in [7, 11) is 0. The molecule has 0 aliphatic rings. The number of para-hydroxylation sites is 4. The van der Waals surface area contributed by atoms with Gasteiger partial charge in [0.05, 0.1) is 22.1 Å². The van der Waals surface area contributed by atoms with Gasteiger partial charge < -0.3 is 14.0 Å². The third-order valence-electron chi connectivity index (χ3n) is 10.5. The van der Waals surface area contributed by atoms with E-state index < -0.39 is 0 Å². The van der Waals surface area contributed by atoms with Crippen LogP contribution in [0.15, 0.2) is 188 Å². The molecule has 0 bridgehead atoms. The molecule has 0 radical (unpaired) electrons. The minimum absolute atomic E-state index is 1.12. The third kappa shape index (κ3) is 4.31. The van der Waals surface area contributed by atoms with Crippen LogP contribution in [0.3, 0.4) is 0 Å². The summed E-state index contributed by atoms with van der Waals surface area (Å²) in [6.07, 6.45) is 0. The predicted molar refractivity (Wildman–Crippen MR) is 223 cm³/mol. The number of benzene rings is 8. The van der Waals surface area contributed by atoms with Gasteiger partial charge in [0.2, 0.25) is 0 Å². The lowest BCUT2D eigenvalue weighted by atomic mass is 10.1. The summed E-state index contributed by atoms with van der Waals surface area (Å²) in [4.78, 5) is 2.41. The first-order valence-electron chi connectivity index (χ1n) is 17.7. The third-order valence-corrected chi connectivity index (χ3v) is 11.7. The lowest BCUT2D eigenvalue weighted by molar-refractivity contribution is 1.18. The van der Waals surface area contributed by atoms with Gasteiger partial charge in [-0.3, -0.25) is 0 Å².